The van der Waals surface area contributed by atoms with Gasteiger partial charge in [0.15, 0.2) is 0 Å². The van der Waals surface area contributed by atoms with E-state index in [9.17, 15) is 4.39 Å². The summed E-state index contributed by atoms with van der Waals surface area (Å²) < 4.78 is 18.3. The normalized spacial score (nSPS) is 9.67. The van der Waals surface area contributed by atoms with Gasteiger partial charge < -0.3 is 10.1 Å². The van der Waals surface area contributed by atoms with Crippen LogP contribution in [-0.2, 0) is 4.74 Å². The van der Waals surface area contributed by atoms with Crippen molar-refractivity contribution < 1.29 is 9.13 Å². The molecule has 0 aliphatic carbocycles. The number of nitriles is 1. The van der Waals surface area contributed by atoms with Crippen LogP contribution in [0.2, 0.25) is 0 Å². The second-order valence-corrected chi connectivity index (χ2v) is 2.93. The summed E-state index contributed by atoms with van der Waals surface area (Å²) in [6.45, 7) is 3.79. The highest BCUT2D eigenvalue weighted by molar-refractivity contribution is 5.48. The molecule has 0 unspecified atom stereocenters. The molecule has 0 aliphatic heterocycles. The van der Waals surface area contributed by atoms with Gasteiger partial charge in [-0.05, 0) is 25.1 Å². The number of anilines is 1. The van der Waals surface area contributed by atoms with Crippen molar-refractivity contribution in [3.05, 3.63) is 29.6 Å². The number of nitrogens with zero attached hydrogens (tertiary/aromatic N) is 1. The third-order valence-electron chi connectivity index (χ3n) is 1.87. The fourth-order valence-corrected chi connectivity index (χ4v) is 1.13. The lowest BCUT2D eigenvalue weighted by Gasteiger charge is -2.06. The molecule has 0 saturated carbocycles. The molecule has 1 N–H and O–H groups in total. The maximum Gasteiger partial charge on any atom is 0.143 e. The highest BCUT2D eigenvalue weighted by Crippen LogP contribution is 2.13. The molecule has 0 heterocycles. The van der Waals surface area contributed by atoms with E-state index >= 15 is 0 Å². The van der Waals surface area contributed by atoms with Crippen molar-refractivity contribution in [2.75, 3.05) is 25.1 Å². The predicted molar refractivity (Wildman–Crippen MR) is 56.1 cm³/mol. The van der Waals surface area contributed by atoms with E-state index in [1.54, 1.807) is 12.1 Å². The molecular weight excluding hydrogens is 195 g/mol. The van der Waals surface area contributed by atoms with E-state index in [0.717, 1.165) is 0 Å². The lowest BCUT2D eigenvalue weighted by atomic mass is 10.2. The van der Waals surface area contributed by atoms with Gasteiger partial charge in [0.1, 0.15) is 11.9 Å². The summed E-state index contributed by atoms with van der Waals surface area (Å²) in [5.74, 6) is -0.501. The molecule has 15 heavy (non-hydrogen) atoms. The molecule has 0 spiro atoms. The van der Waals surface area contributed by atoms with Gasteiger partial charge in [0.05, 0.1) is 12.2 Å². The number of ether oxygens (including phenoxy) is 1. The largest absolute Gasteiger partial charge is 0.383 e. The molecule has 0 aromatic heterocycles. The molecule has 0 amide bonds. The van der Waals surface area contributed by atoms with Gasteiger partial charge >= 0.3 is 0 Å². The zero-order valence-electron chi connectivity index (χ0n) is 8.59. The maximum absolute atomic E-state index is 13.1. The molecule has 1 aromatic carbocycles. The second-order valence-electron chi connectivity index (χ2n) is 2.93. The molecule has 0 atom stereocenters. The summed E-state index contributed by atoms with van der Waals surface area (Å²) in [5, 5.41) is 11.5. The average molecular weight is 208 g/mol. The number of nitrogens with one attached hydrogen (secondary N) is 1. The van der Waals surface area contributed by atoms with Crippen molar-refractivity contribution in [2.24, 2.45) is 0 Å². The van der Waals surface area contributed by atoms with E-state index in [0.29, 0.717) is 25.4 Å². The summed E-state index contributed by atoms with van der Waals surface area (Å²) in [6.07, 6.45) is 0. The van der Waals surface area contributed by atoms with Crippen LogP contribution >= 0.6 is 0 Å². The Hall–Kier alpha value is -1.60. The highest BCUT2D eigenvalue weighted by atomic mass is 19.1. The van der Waals surface area contributed by atoms with E-state index in [1.165, 1.54) is 12.1 Å². The minimum absolute atomic E-state index is 0.0605. The number of hydrogen-bond acceptors (Lipinski definition) is 3. The van der Waals surface area contributed by atoms with Crippen molar-refractivity contribution in [2.45, 2.75) is 6.92 Å². The molecule has 3 nitrogen and oxygen atoms in total. The summed E-state index contributed by atoms with van der Waals surface area (Å²) in [7, 11) is 0. The molecule has 0 saturated heterocycles. The minimum Gasteiger partial charge on any atom is -0.383 e. The monoisotopic (exact) mass is 208 g/mol. The lowest BCUT2D eigenvalue weighted by Crippen LogP contribution is -2.09. The quantitative estimate of drug-likeness (QED) is 0.754. The van der Waals surface area contributed by atoms with E-state index in [4.69, 9.17) is 10.00 Å². The minimum atomic E-state index is -0.501. The third-order valence-corrected chi connectivity index (χ3v) is 1.87. The van der Waals surface area contributed by atoms with Crippen molar-refractivity contribution in [3.63, 3.8) is 0 Å². The predicted octanol–water partition coefficient (Wildman–Crippen LogP) is 2.15. The van der Waals surface area contributed by atoms with Crippen LogP contribution in [0.25, 0.3) is 0 Å². The molecule has 4 heteroatoms. The van der Waals surface area contributed by atoms with Crippen LogP contribution in [-0.4, -0.2) is 19.8 Å². The van der Waals surface area contributed by atoms with E-state index in [2.05, 4.69) is 5.32 Å². The fraction of sp³-hybridized carbons (Fsp3) is 0.364. The Morgan fingerprint density at radius 3 is 2.93 bits per heavy atom. The van der Waals surface area contributed by atoms with Crippen molar-refractivity contribution >= 4 is 5.69 Å². The number of hydrogen-bond donors (Lipinski definition) is 1. The molecule has 0 radical (unpaired) electrons. The molecule has 80 valence electrons. The van der Waals surface area contributed by atoms with Crippen LogP contribution in [0.3, 0.4) is 0 Å². The van der Waals surface area contributed by atoms with Gasteiger partial charge in [-0.15, -0.1) is 0 Å². The molecule has 1 aromatic rings. The maximum atomic E-state index is 13.1. The van der Waals surface area contributed by atoms with Crippen molar-refractivity contribution in [1.29, 1.82) is 5.26 Å². The second kappa shape index (κ2) is 5.99. The summed E-state index contributed by atoms with van der Waals surface area (Å²) in [6, 6.07) is 6.21. The topological polar surface area (TPSA) is 45.0 Å². The first kappa shape index (κ1) is 11.5. The molecule has 0 fully saturated rings. The Kier molecular flexibility index (Phi) is 4.58. The van der Waals surface area contributed by atoms with Gasteiger partial charge in [0, 0.05) is 18.8 Å². The SMILES string of the molecule is CCOCCNc1ccc(C#N)c(F)c1. The Labute approximate surface area is 88.5 Å². The van der Waals surface area contributed by atoms with Gasteiger partial charge in [-0.2, -0.15) is 5.26 Å². The van der Waals surface area contributed by atoms with Crippen LogP contribution in [0.1, 0.15) is 12.5 Å². The standard InChI is InChI=1S/C11H13FN2O/c1-2-15-6-5-14-10-4-3-9(8-13)11(12)7-10/h3-4,7,14H,2,5-6H2,1H3. The van der Waals surface area contributed by atoms with Crippen LogP contribution < -0.4 is 5.32 Å². The zero-order valence-corrected chi connectivity index (χ0v) is 8.59. The van der Waals surface area contributed by atoms with Crippen LogP contribution in [0.5, 0.6) is 0 Å². The molecular formula is C11H13FN2O. The Morgan fingerprint density at radius 1 is 1.53 bits per heavy atom. The van der Waals surface area contributed by atoms with Crippen LogP contribution in [0.15, 0.2) is 18.2 Å². The van der Waals surface area contributed by atoms with E-state index in [1.807, 2.05) is 6.92 Å². The highest BCUT2D eigenvalue weighted by Gasteiger charge is 2.01. The first-order valence-electron chi connectivity index (χ1n) is 4.79. The van der Waals surface area contributed by atoms with Crippen molar-refractivity contribution in [1.82, 2.24) is 0 Å². The smallest absolute Gasteiger partial charge is 0.143 e. The van der Waals surface area contributed by atoms with Gasteiger partial charge in [0.25, 0.3) is 0 Å². The van der Waals surface area contributed by atoms with Gasteiger partial charge in [-0.25, -0.2) is 4.39 Å². The third kappa shape index (κ3) is 3.56. The zero-order chi connectivity index (χ0) is 11.1. The van der Waals surface area contributed by atoms with E-state index < -0.39 is 5.82 Å². The molecule has 1 rings (SSSR count). The first-order valence-corrected chi connectivity index (χ1v) is 4.79. The van der Waals surface area contributed by atoms with Gasteiger partial charge in [0.2, 0.25) is 0 Å². The average Bonchev–Trinajstić information content (AvgIpc) is 2.25. The molecule has 0 bridgehead atoms. The number of halogens is 1. The fourth-order valence-electron chi connectivity index (χ4n) is 1.13. The van der Waals surface area contributed by atoms with Gasteiger partial charge in [-0.1, -0.05) is 0 Å². The molecule has 0 aliphatic rings. The summed E-state index contributed by atoms with van der Waals surface area (Å²) in [5.41, 5.74) is 0.719. The Bertz CT molecular complexity index is 360. The van der Waals surface area contributed by atoms with Crippen molar-refractivity contribution in [3.8, 4) is 6.07 Å². The van der Waals surface area contributed by atoms with Gasteiger partial charge in [-0.3, -0.25) is 0 Å². The van der Waals surface area contributed by atoms with E-state index in [-0.39, 0.29) is 5.56 Å². The Morgan fingerprint density at radius 2 is 2.33 bits per heavy atom. The lowest BCUT2D eigenvalue weighted by molar-refractivity contribution is 0.158. The summed E-state index contributed by atoms with van der Waals surface area (Å²) in [4.78, 5) is 0. The number of benzene rings is 1. The first-order chi connectivity index (χ1) is 7.27. The Balaban J connectivity index is 2.49. The van der Waals surface area contributed by atoms with Crippen LogP contribution in [0, 0.1) is 17.1 Å². The number of rotatable bonds is 5. The van der Waals surface area contributed by atoms with Crippen LogP contribution in [0.4, 0.5) is 10.1 Å². The summed E-state index contributed by atoms with van der Waals surface area (Å²) >= 11 is 0.